The summed E-state index contributed by atoms with van der Waals surface area (Å²) in [5, 5.41) is 11.4. The predicted octanol–water partition coefficient (Wildman–Crippen LogP) is 9.77. The highest BCUT2D eigenvalue weighted by Crippen LogP contribution is 2.39. The van der Waals surface area contributed by atoms with E-state index >= 15 is 0 Å². The van der Waals surface area contributed by atoms with E-state index in [9.17, 15) is 0 Å². The van der Waals surface area contributed by atoms with Crippen molar-refractivity contribution in [2.75, 3.05) is 5.32 Å². The topological polar surface area (TPSA) is 12.0 Å². The predicted molar refractivity (Wildman–Crippen MR) is 150 cm³/mol. The second-order valence-corrected chi connectivity index (χ2v) is 9.76. The number of benzene rings is 6. The Bertz CT molecular complexity index is 1820. The van der Waals surface area contributed by atoms with Crippen LogP contribution >= 0.6 is 11.3 Å². The molecule has 0 unspecified atom stereocenters. The number of hydrogen-bond donors (Lipinski definition) is 1. The molecule has 1 nitrogen and oxygen atoms in total. The summed E-state index contributed by atoms with van der Waals surface area (Å²) in [6.07, 6.45) is 0. The molecule has 7 aromatic rings. The standard InChI is InChI=1S/C32H21NS/c1-3-9-26-21(6-1)8-5-11-27(26)23-12-15-24(16-13-23)33-25-17-19-31-30(20-25)29-18-14-22-7-2-4-10-28(22)32(29)34-31/h1-20,33H. The number of hydrogen-bond acceptors (Lipinski definition) is 2. The van der Waals surface area contributed by atoms with Crippen molar-refractivity contribution in [1.29, 1.82) is 0 Å². The summed E-state index contributed by atoms with van der Waals surface area (Å²) in [5.41, 5.74) is 4.70. The molecule has 0 fully saturated rings. The second-order valence-electron chi connectivity index (χ2n) is 8.71. The number of thiophene rings is 1. The van der Waals surface area contributed by atoms with Gasteiger partial charge >= 0.3 is 0 Å². The second kappa shape index (κ2) is 7.72. The molecule has 0 saturated heterocycles. The quantitative estimate of drug-likeness (QED) is 0.282. The van der Waals surface area contributed by atoms with Gasteiger partial charge in [0.15, 0.2) is 0 Å². The molecule has 0 aliphatic carbocycles. The summed E-state index contributed by atoms with van der Waals surface area (Å²) >= 11 is 1.88. The minimum atomic E-state index is 1.09. The summed E-state index contributed by atoms with van der Waals surface area (Å²) < 4.78 is 2.69. The van der Waals surface area contributed by atoms with Gasteiger partial charge in [0.25, 0.3) is 0 Å². The van der Waals surface area contributed by atoms with Gasteiger partial charge in [0.1, 0.15) is 0 Å². The molecule has 0 atom stereocenters. The zero-order valence-electron chi connectivity index (χ0n) is 18.5. The van der Waals surface area contributed by atoms with E-state index in [1.54, 1.807) is 0 Å². The Morgan fingerprint density at radius 1 is 0.471 bits per heavy atom. The van der Waals surface area contributed by atoms with Crippen molar-refractivity contribution >= 4 is 64.4 Å². The van der Waals surface area contributed by atoms with Crippen molar-refractivity contribution in [1.82, 2.24) is 0 Å². The molecular formula is C32H21NS. The van der Waals surface area contributed by atoms with Crippen LogP contribution in [0.15, 0.2) is 121 Å². The average Bonchev–Trinajstić information content (AvgIpc) is 3.27. The van der Waals surface area contributed by atoms with Crippen LogP contribution in [0.2, 0.25) is 0 Å². The van der Waals surface area contributed by atoms with Crippen molar-refractivity contribution in [2.24, 2.45) is 0 Å². The molecule has 1 aromatic heterocycles. The Hall–Kier alpha value is -4.14. The molecule has 6 aromatic carbocycles. The molecule has 2 heteroatoms. The lowest BCUT2D eigenvalue weighted by Gasteiger charge is -2.10. The molecule has 1 heterocycles. The van der Waals surface area contributed by atoms with Crippen LogP contribution in [-0.2, 0) is 0 Å². The summed E-state index contributed by atoms with van der Waals surface area (Å²) in [6.45, 7) is 0. The Labute approximate surface area is 201 Å². The zero-order valence-corrected chi connectivity index (χ0v) is 19.3. The number of fused-ring (bicyclic) bond motifs is 6. The fourth-order valence-corrected chi connectivity index (χ4v) is 6.18. The van der Waals surface area contributed by atoms with Gasteiger partial charge in [-0.3, -0.25) is 0 Å². The lowest BCUT2D eigenvalue weighted by molar-refractivity contribution is 1.57. The molecule has 7 rings (SSSR count). The summed E-state index contributed by atoms with van der Waals surface area (Å²) in [6, 6.07) is 43.6. The molecule has 0 saturated carbocycles. The summed E-state index contributed by atoms with van der Waals surface area (Å²) in [4.78, 5) is 0. The lowest BCUT2D eigenvalue weighted by Crippen LogP contribution is -1.90. The maximum atomic E-state index is 3.61. The minimum absolute atomic E-state index is 1.09. The van der Waals surface area contributed by atoms with E-state index in [0.717, 1.165) is 11.4 Å². The molecule has 0 bridgehead atoms. The molecule has 0 amide bonds. The Morgan fingerprint density at radius 3 is 2.03 bits per heavy atom. The van der Waals surface area contributed by atoms with Crippen LogP contribution in [0.1, 0.15) is 0 Å². The first-order valence-corrected chi connectivity index (χ1v) is 12.3. The molecule has 0 aliphatic rings. The number of nitrogens with one attached hydrogen (secondary N) is 1. The van der Waals surface area contributed by atoms with Crippen molar-refractivity contribution < 1.29 is 0 Å². The highest BCUT2D eigenvalue weighted by molar-refractivity contribution is 7.26. The third-order valence-corrected chi connectivity index (χ3v) is 7.86. The van der Waals surface area contributed by atoms with Crippen LogP contribution in [0.5, 0.6) is 0 Å². The largest absolute Gasteiger partial charge is 0.356 e. The monoisotopic (exact) mass is 451 g/mol. The number of rotatable bonds is 3. The first-order valence-electron chi connectivity index (χ1n) is 11.5. The summed E-state index contributed by atoms with van der Waals surface area (Å²) in [7, 11) is 0. The van der Waals surface area contributed by atoms with Crippen LogP contribution in [-0.4, -0.2) is 0 Å². The zero-order chi connectivity index (χ0) is 22.5. The van der Waals surface area contributed by atoms with Crippen molar-refractivity contribution in [2.45, 2.75) is 0 Å². The normalized spacial score (nSPS) is 11.5. The smallest absolute Gasteiger partial charge is 0.0433 e. The van der Waals surface area contributed by atoms with Gasteiger partial charge in [0, 0.05) is 31.5 Å². The number of anilines is 2. The Balaban J connectivity index is 1.24. The van der Waals surface area contributed by atoms with E-state index in [2.05, 4.69) is 127 Å². The molecule has 160 valence electrons. The van der Waals surface area contributed by atoms with E-state index in [1.165, 1.54) is 52.8 Å². The van der Waals surface area contributed by atoms with Crippen LogP contribution < -0.4 is 5.32 Å². The Kier molecular flexibility index (Phi) is 4.39. The van der Waals surface area contributed by atoms with Crippen LogP contribution in [0.25, 0.3) is 52.8 Å². The highest BCUT2D eigenvalue weighted by Gasteiger charge is 2.09. The van der Waals surface area contributed by atoms with E-state index in [-0.39, 0.29) is 0 Å². The minimum Gasteiger partial charge on any atom is -0.356 e. The van der Waals surface area contributed by atoms with Gasteiger partial charge in [-0.25, -0.2) is 0 Å². The van der Waals surface area contributed by atoms with Gasteiger partial charge < -0.3 is 5.32 Å². The lowest BCUT2D eigenvalue weighted by atomic mass is 9.98. The molecule has 0 spiro atoms. The molecule has 34 heavy (non-hydrogen) atoms. The molecule has 0 radical (unpaired) electrons. The first-order chi connectivity index (χ1) is 16.8. The fraction of sp³-hybridized carbons (Fsp3) is 0. The van der Waals surface area contributed by atoms with E-state index < -0.39 is 0 Å². The van der Waals surface area contributed by atoms with Crippen LogP contribution in [0.3, 0.4) is 0 Å². The van der Waals surface area contributed by atoms with Crippen molar-refractivity contribution in [3.63, 3.8) is 0 Å². The van der Waals surface area contributed by atoms with Crippen LogP contribution in [0, 0.1) is 0 Å². The summed E-state index contributed by atoms with van der Waals surface area (Å²) in [5.74, 6) is 0. The maximum absolute atomic E-state index is 3.61. The van der Waals surface area contributed by atoms with Crippen molar-refractivity contribution in [3.8, 4) is 11.1 Å². The third kappa shape index (κ3) is 3.15. The highest BCUT2D eigenvalue weighted by atomic mass is 32.1. The van der Waals surface area contributed by atoms with E-state index in [4.69, 9.17) is 0 Å². The Morgan fingerprint density at radius 2 is 1.18 bits per heavy atom. The molecule has 0 aliphatic heterocycles. The SMILES string of the molecule is c1ccc2c(-c3ccc(Nc4ccc5sc6c7ccccc7ccc6c5c4)cc3)cccc2c1. The maximum Gasteiger partial charge on any atom is 0.0433 e. The van der Waals surface area contributed by atoms with Gasteiger partial charge in [0.2, 0.25) is 0 Å². The van der Waals surface area contributed by atoms with E-state index in [0.29, 0.717) is 0 Å². The molecular weight excluding hydrogens is 430 g/mol. The van der Waals surface area contributed by atoms with Gasteiger partial charge in [-0.2, -0.15) is 0 Å². The van der Waals surface area contributed by atoms with Crippen LogP contribution in [0.4, 0.5) is 11.4 Å². The molecule has 1 N–H and O–H groups in total. The van der Waals surface area contributed by atoms with Gasteiger partial charge in [0.05, 0.1) is 0 Å². The third-order valence-electron chi connectivity index (χ3n) is 6.64. The van der Waals surface area contributed by atoms with Gasteiger partial charge in [-0.05, 0) is 63.0 Å². The first kappa shape index (κ1) is 19.3. The average molecular weight is 452 g/mol. The van der Waals surface area contributed by atoms with Gasteiger partial charge in [-0.15, -0.1) is 11.3 Å². The van der Waals surface area contributed by atoms with Gasteiger partial charge in [-0.1, -0.05) is 91.0 Å². The van der Waals surface area contributed by atoms with Crippen molar-refractivity contribution in [3.05, 3.63) is 121 Å². The van der Waals surface area contributed by atoms with E-state index in [1.807, 2.05) is 11.3 Å². The fourth-order valence-electron chi connectivity index (χ4n) is 4.96.